The summed E-state index contributed by atoms with van der Waals surface area (Å²) in [7, 11) is 0. The van der Waals surface area contributed by atoms with Gasteiger partial charge in [-0.05, 0) is 13.0 Å². The monoisotopic (exact) mass is 325 g/mol. The molecule has 0 bridgehead atoms. The van der Waals surface area contributed by atoms with Crippen LogP contribution in [0.1, 0.15) is 6.92 Å². The van der Waals surface area contributed by atoms with Gasteiger partial charge in [-0.25, -0.2) is 0 Å². The minimum absolute atomic E-state index is 0.0571. The van der Waals surface area contributed by atoms with Crippen LogP contribution in [0.3, 0.4) is 0 Å². The van der Waals surface area contributed by atoms with E-state index in [0.717, 1.165) is 17.8 Å². The van der Waals surface area contributed by atoms with Gasteiger partial charge >= 0.3 is 6.18 Å². The first-order chi connectivity index (χ1) is 10.8. The average molecular weight is 325 g/mol. The Kier molecular flexibility index (Phi) is 3.56. The van der Waals surface area contributed by atoms with E-state index in [1.807, 2.05) is 12.1 Å². The number of para-hydroxylation sites is 1. The zero-order chi connectivity index (χ0) is 16.8. The fourth-order valence-electron chi connectivity index (χ4n) is 2.36. The molecule has 0 saturated heterocycles. The number of ketones is 1. The summed E-state index contributed by atoms with van der Waals surface area (Å²) in [5.41, 5.74) is 1.17. The van der Waals surface area contributed by atoms with Crippen molar-refractivity contribution >= 4 is 22.4 Å². The third kappa shape index (κ3) is 2.65. The number of nitrogens with one attached hydrogen (secondary N) is 3. The number of fused-ring (bicyclic) bond motifs is 1. The Bertz CT molecular complexity index is 795. The van der Waals surface area contributed by atoms with Crippen molar-refractivity contribution in [1.29, 1.82) is 0 Å². The van der Waals surface area contributed by atoms with Crippen molar-refractivity contribution in [3.05, 3.63) is 41.9 Å². The summed E-state index contributed by atoms with van der Waals surface area (Å²) in [6.45, 7) is 0.922. The number of aromatic amines is 1. The molecule has 0 spiro atoms. The van der Waals surface area contributed by atoms with Crippen molar-refractivity contribution in [2.45, 2.75) is 25.2 Å². The summed E-state index contributed by atoms with van der Waals surface area (Å²) < 4.78 is 37.9. The predicted molar refractivity (Wildman–Crippen MR) is 78.6 cm³/mol. The van der Waals surface area contributed by atoms with Crippen molar-refractivity contribution < 1.29 is 23.1 Å². The van der Waals surface area contributed by atoms with Crippen LogP contribution in [0.5, 0.6) is 0 Å². The number of aromatic nitrogens is 1. The second-order valence-corrected chi connectivity index (χ2v) is 5.34. The first kappa shape index (κ1) is 15.4. The van der Waals surface area contributed by atoms with Crippen LogP contribution in [0.4, 0.5) is 18.9 Å². The van der Waals surface area contributed by atoms with Crippen molar-refractivity contribution in [2.75, 3.05) is 5.32 Å². The van der Waals surface area contributed by atoms with Gasteiger partial charge in [0.2, 0.25) is 5.78 Å². The lowest BCUT2D eigenvalue weighted by molar-refractivity contribution is -0.151. The second-order valence-electron chi connectivity index (χ2n) is 5.34. The molecule has 0 saturated carbocycles. The molecule has 0 amide bonds. The summed E-state index contributed by atoms with van der Waals surface area (Å²) in [6, 6.07) is 5.40. The third-order valence-electron chi connectivity index (χ3n) is 3.75. The highest BCUT2D eigenvalue weighted by Crippen LogP contribution is 2.30. The molecule has 1 heterocycles. The van der Waals surface area contributed by atoms with E-state index >= 15 is 0 Å². The Morgan fingerprint density at radius 2 is 2.00 bits per heavy atom. The Morgan fingerprint density at radius 3 is 2.70 bits per heavy atom. The van der Waals surface area contributed by atoms with Crippen molar-refractivity contribution in [3.63, 3.8) is 0 Å². The van der Waals surface area contributed by atoms with Crippen LogP contribution in [0, 0.1) is 0 Å². The van der Waals surface area contributed by atoms with Crippen LogP contribution in [-0.4, -0.2) is 34.2 Å². The molecule has 0 aliphatic heterocycles. The van der Waals surface area contributed by atoms with Crippen LogP contribution in [0.15, 0.2) is 41.9 Å². The normalized spacial score (nSPS) is 19.7. The molecule has 0 radical (unpaired) electrons. The van der Waals surface area contributed by atoms with Gasteiger partial charge in [-0.2, -0.15) is 13.2 Å². The smallest absolute Gasteiger partial charge is 0.378 e. The van der Waals surface area contributed by atoms with E-state index < -0.39 is 24.1 Å². The molecule has 1 aliphatic carbocycles. The number of hydrogen-bond acceptors (Lipinski definition) is 4. The summed E-state index contributed by atoms with van der Waals surface area (Å²) in [4.78, 5) is 14.8. The highest BCUT2D eigenvalue weighted by molar-refractivity contribution is 6.11. The lowest BCUT2D eigenvalue weighted by atomic mass is 9.94. The van der Waals surface area contributed by atoms with E-state index in [2.05, 4.69) is 15.6 Å². The van der Waals surface area contributed by atoms with Gasteiger partial charge in [0.05, 0.1) is 11.4 Å². The zero-order valence-corrected chi connectivity index (χ0v) is 12.0. The summed E-state index contributed by atoms with van der Waals surface area (Å²) in [5.74, 6) is -0.646. The second kappa shape index (κ2) is 5.31. The number of aliphatic hydroxyl groups is 1. The summed E-state index contributed by atoms with van der Waals surface area (Å²) in [6.07, 6.45) is -4.43. The maximum atomic E-state index is 12.6. The fraction of sp³-hybridized carbons (Fsp3) is 0.267. The summed E-state index contributed by atoms with van der Waals surface area (Å²) >= 11 is 0. The number of anilines is 1. The van der Waals surface area contributed by atoms with Crippen molar-refractivity contribution in [1.82, 2.24) is 10.3 Å². The third-order valence-corrected chi connectivity index (χ3v) is 3.75. The van der Waals surface area contributed by atoms with Crippen LogP contribution in [0.25, 0.3) is 10.9 Å². The van der Waals surface area contributed by atoms with Crippen LogP contribution in [0.2, 0.25) is 0 Å². The molecule has 0 fully saturated rings. The van der Waals surface area contributed by atoms with Gasteiger partial charge in [-0.15, -0.1) is 0 Å². The molecule has 23 heavy (non-hydrogen) atoms. The first-order valence-corrected chi connectivity index (χ1v) is 6.92. The lowest BCUT2D eigenvalue weighted by Crippen LogP contribution is -2.51. The van der Waals surface area contributed by atoms with Gasteiger partial charge in [0.1, 0.15) is 11.7 Å². The lowest BCUT2D eigenvalue weighted by Gasteiger charge is -2.32. The van der Waals surface area contributed by atoms with Crippen LogP contribution < -0.4 is 10.6 Å². The number of alkyl halides is 3. The van der Waals surface area contributed by atoms with E-state index in [-0.39, 0.29) is 11.4 Å². The van der Waals surface area contributed by atoms with E-state index in [0.29, 0.717) is 5.69 Å². The SMILES string of the molecule is CC(NC1=C(Nc2c[nH]c3ccccc23)C(=O)C1O)C(F)(F)F. The van der Waals surface area contributed by atoms with Crippen molar-refractivity contribution in [2.24, 2.45) is 0 Å². The van der Waals surface area contributed by atoms with E-state index in [4.69, 9.17) is 0 Å². The number of carbonyl (C=O) groups is 1. The maximum Gasteiger partial charge on any atom is 0.408 e. The highest BCUT2D eigenvalue weighted by Gasteiger charge is 2.43. The van der Waals surface area contributed by atoms with Crippen molar-refractivity contribution in [3.8, 4) is 0 Å². The molecule has 8 heteroatoms. The molecule has 2 atom stereocenters. The van der Waals surface area contributed by atoms with Crippen LogP contribution >= 0.6 is 0 Å². The molecule has 3 rings (SSSR count). The van der Waals surface area contributed by atoms with Gasteiger partial charge in [-0.1, -0.05) is 18.2 Å². The number of halogens is 3. The van der Waals surface area contributed by atoms with E-state index in [1.54, 1.807) is 18.3 Å². The Balaban J connectivity index is 1.89. The molecule has 5 nitrogen and oxygen atoms in total. The molecule has 2 aromatic rings. The molecule has 2 unspecified atom stereocenters. The Hall–Kier alpha value is -2.48. The highest BCUT2D eigenvalue weighted by atomic mass is 19.4. The largest absolute Gasteiger partial charge is 0.408 e. The number of benzene rings is 1. The molecule has 4 N–H and O–H groups in total. The first-order valence-electron chi connectivity index (χ1n) is 6.92. The maximum absolute atomic E-state index is 12.6. The minimum atomic E-state index is -4.47. The van der Waals surface area contributed by atoms with E-state index in [9.17, 15) is 23.1 Å². The van der Waals surface area contributed by atoms with Crippen LogP contribution in [-0.2, 0) is 4.79 Å². The Morgan fingerprint density at radius 1 is 1.30 bits per heavy atom. The zero-order valence-electron chi connectivity index (χ0n) is 12.0. The quantitative estimate of drug-likeness (QED) is 0.695. The minimum Gasteiger partial charge on any atom is -0.378 e. The average Bonchev–Trinajstić information content (AvgIpc) is 2.92. The standard InChI is InChI=1S/C15H14F3N3O2/c1-7(15(16,17)18)20-11-12(14(23)13(11)22)21-10-6-19-9-5-3-2-4-8(9)10/h2-7,13,19-22H,1H3. The molecular formula is C15H14F3N3O2. The van der Waals surface area contributed by atoms with E-state index in [1.165, 1.54) is 0 Å². The molecular weight excluding hydrogens is 311 g/mol. The molecule has 122 valence electrons. The number of hydrogen-bond donors (Lipinski definition) is 4. The number of aliphatic hydroxyl groups excluding tert-OH is 1. The summed E-state index contributed by atoms with van der Waals surface area (Å²) in [5, 5.41) is 15.4. The van der Waals surface area contributed by atoms with Gasteiger partial charge in [-0.3, -0.25) is 4.79 Å². The van der Waals surface area contributed by atoms with Gasteiger partial charge in [0.25, 0.3) is 0 Å². The van der Waals surface area contributed by atoms with Gasteiger partial charge < -0.3 is 20.7 Å². The van der Waals surface area contributed by atoms with Gasteiger partial charge in [0.15, 0.2) is 6.10 Å². The Labute approximate surface area is 129 Å². The number of carbonyl (C=O) groups excluding carboxylic acids is 1. The fourth-order valence-corrected chi connectivity index (χ4v) is 2.36. The molecule has 1 aliphatic rings. The topological polar surface area (TPSA) is 77.1 Å². The van der Waals surface area contributed by atoms with Gasteiger partial charge in [0, 0.05) is 17.1 Å². The number of rotatable bonds is 4. The molecule has 1 aromatic heterocycles. The number of Topliss-reactive ketones (excluding diaryl/α,β-unsaturated/α-hetero) is 1. The molecule has 1 aromatic carbocycles. The number of H-pyrrole nitrogens is 1. The predicted octanol–water partition coefficient (Wildman–Crippen LogP) is 2.28.